The lowest BCUT2D eigenvalue weighted by Gasteiger charge is -2.12. The summed E-state index contributed by atoms with van der Waals surface area (Å²) < 4.78 is 11.8. The van der Waals surface area contributed by atoms with Gasteiger partial charge >= 0.3 is 0 Å². The molecule has 3 nitrogen and oxygen atoms in total. The van der Waals surface area contributed by atoms with Crippen LogP contribution in [-0.4, -0.2) is 7.11 Å². The maximum Gasteiger partial charge on any atom is 0.169 e. The summed E-state index contributed by atoms with van der Waals surface area (Å²) in [5.74, 6) is 1.73. The van der Waals surface area contributed by atoms with E-state index in [9.17, 15) is 0 Å². The molecular weight excluding hydrogens is 306 g/mol. The molecule has 0 amide bonds. The third-order valence-electron chi connectivity index (χ3n) is 2.63. The Morgan fingerprint density at radius 3 is 2.58 bits per heavy atom. The second-order valence-electron chi connectivity index (χ2n) is 3.98. The van der Waals surface area contributed by atoms with Crippen LogP contribution in [0.15, 0.2) is 40.9 Å². The van der Waals surface area contributed by atoms with Gasteiger partial charge in [-0.25, -0.2) is 0 Å². The standard InChI is InChI=1S/C15H12BrNO2/c1-10-6-7-14(15(8-10)18-2)19-13-5-3-4-12(16)11(13)9-17/h3-8H,1-2H3. The van der Waals surface area contributed by atoms with Gasteiger partial charge in [0.25, 0.3) is 0 Å². The molecule has 0 aliphatic heterocycles. The quantitative estimate of drug-likeness (QED) is 0.841. The summed E-state index contributed by atoms with van der Waals surface area (Å²) in [5, 5.41) is 9.16. The molecule has 0 saturated carbocycles. The summed E-state index contributed by atoms with van der Waals surface area (Å²) >= 11 is 3.33. The molecule has 2 rings (SSSR count). The average molecular weight is 318 g/mol. The minimum atomic E-state index is 0.463. The Morgan fingerprint density at radius 1 is 1.11 bits per heavy atom. The minimum Gasteiger partial charge on any atom is -0.493 e. The summed E-state index contributed by atoms with van der Waals surface area (Å²) in [6.45, 7) is 1.98. The number of nitriles is 1. The summed E-state index contributed by atoms with van der Waals surface area (Å²) in [5.41, 5.74) is 1.55. The topological polar surface area (TPSA) is 42.2 Å². The van der Waals surface area contributed by atoms with E-state index in [1.807, 2.05) is 31.2 Å². The predicted octanol–water partition coefficient (Wildman–Crippen LogP) is 4.43. The number of benzene rings is 2. The number of aryl methyl sites for hydroxylation is 1. The van der Waals surface area contributed by atoms with Crippen molar-refractivity contribution in [3.05, 3.63) is 52.0 Å². The van der Waals surface area contributed by atoms with Gasteiger partial charge in [0.05, 0.1) is 7.11 Å². The Hall–Kier alpha value is -1.99. The molecular formula is C15H12BrNO2. The first-order valence-corrected chi connectivity index (χ1v) is 6.46. The summed E-state index contributed by atoms with van der Waals surface area (Å²) in [7, 11) is 1.59. The lowest BCUT2D eigenvalue weighted by molar-refractivity contribution is 0.378. The van der Waals surface area contributed by atoms with Crippen LogP contribution in [0, 0.1) is 18.3 Å². The largest absolute Gasteiger partial charge is 0.493 e. The fourth-order valence-corrected chi connectivity index (χ4v) is 2.11. The number of hydrogen-bond acceptors (Lipinski definition) is 3. The molecule has 0 fully saturated rings. The molecule has 0 atom stereocenters. The Kier molecular flexibility index (Phi) is 4.08. The second kappa shape index (κ2) is 5.77. The predicted molar refractivity (Wildman–Crippen MR) is 76.7 cm³/mol. The van der Waals surface area contributed by atoms with Crippen LogP contribution in [0.1, 0.15) is 11.1 Å². The number of rotatable bonds is 3. The van der Waals surface area contributed by atoms with Gasteiger partial charge < -0.3 is 9.47 Å². The highest BCUT2D eigenvalue weighted by Crippen LogP contribution is 2.35. The first-order valence-electron chi connectivity index (χ1n) is 5.67. The van der Waals surface area contributed by atoms with E-state index >= 15 is 0 Å². The Labute approximate surface area is 120 Å². The van der Waals surface area contributed by atoms with Gasteiger partial charge in [-0.15, -0.1) is 0 Å². The molecule has 0 aliphatic carbocycles. The van der Waals surface area contributed by atoms with Crippen LogP contribution in [0.5, 0.6) is 17.2 Å². The molecule has 4 heteroatoms. The van der Waals surface area contributed by atoms with Crippen LogP contribution >= 0.6 is 15.9 Å². The van der Waals surface area contributed by atoms with E-state index in [0.29, 0.717) is 27.3 Å². The second-order valence-corrected chi connectivity index (χ2v) is 4.84. The van der Waals surface area contributed by atoms with Gasteiger partial charge in [-0.2, -0.15) is 5.26 Å². The molecule has 19 heavy (non-hydrogen) atoms. The molecule has 0 aliphatic rings. The normalized spacial score (nSPS) is 9.79. The van der Waals surface area contributed by atoms with Gasteiger partial charge in [0, 0.05) is 4.47 Å². The highest BCUT2D eigenvalue weighted by Gasteiger charge is 2.11. The van der Waals surface area contributed by atoms with Crippen molar-refractivity contribution in [2.45, 2.75) is 6.92 Å². The fraction of sp³-hybridized carbons (Fsp3) is 0.133. The molecule has 0 N–H and O–H groups in total. The monoisotopic (exact) mass is 317 g/mol. The Bertz CT molecular complexity index is 647. The summed E-state index contributed by atoms with van der Waals surface area (Å²) in [6.07, 6.45) is 0. The number of halogens is 1. The third kappa shape index (κ3) is 2.88. The van der Waals surface area contributed by atoms with Gasteiger partial charge in [-0.3, -0.25) is 0 Å². The van der Waals surface area contributed by atoms with Gasteiger partial charge in [-0.1, -0.05) is 12.1 Å². The van der Waals surface area contributed by atoms with Gasteiger partial charge in [0.1, 0.15) is 17.4 Å². The van der Waals surface area contributed by atoms with Crippen LogP contribution in [0.3, 0.4) is 0 Å². The van der Waals surface area contributed by atoms with Crippen LogP contribution in [0.2, 0.25) is 0 Å². The van der Waals surface area contributed by atoms with E-state index in [2.05, 4.69) is 22.0 Å². The SMILES string of the molecule is COc1cc(C)ccc1Oc1cccc(Br)c1C#N. The van der Waals surface area contributed by atoms with Crippen molar-refractivity contribution in [3.63, 3.8) is 0 Å². The molecule has 96 valence electrons. The molecule has 0 heterocycles. The van der Waals surface area contributed by atoms with Crippen molar-refractivity contribution in [3.8, 4) is 23.3 Å². The zero-order valence-electron chi connectivity index (χ0n) is 10.6. The highest BCUT2D eigenvalue weighted by atomic mass is 79.9. The van der Waals surface area contributed by atoms with Crippen molar-refractivity contribution < 1.29 is 9.47 Å². The average Bonchev–Trinajstić information content (AvgIpc) is 2.41. The maximum atomic E-state index is 9.16. The van der Waals surface area contributed by atoms with Crippen molar-refractivity contribution in [1.29, 1.82) is 5.26 Å². The van der Waals surface area contributed by atoms with Crippen molar-refractivity contribution in [2.24, 2.45) is 0 Å². The van der Waals surface area contributed by atoms with Gasteiger partial charge in [0.15, 0.2) is 11.5 Å². The van der Waals surface area contributed by atoms with Crippen molar-refractivity contribution >= 4 is 15.9 Å². The smallest absolute Gasteiger partial charge is 0.169 e. The van der Waals surface area contributed by atoms with E-state index in [1.165, 1.54) is 0 Å². The first-order chi connectivity index (χ1) is 9.15. The maximum absolute atomic E-state index is 9.16. The molecule has 0 spiro atoms. The zero-order valence-corrected chi connectivity index (χ0v) is 12.2. The van der Waals surface area contributed by atoms with Crippen LogP contribution in [-0.2, 0) is 0 Å². The highest BCUT2D eigenvalue weighted by molar-refractivity contribution is 9.10. The molecule has 0 radical (unpaired) electrons. The molecule has 0 aromatic heterocycles. The van der Waals surface area contributed by atoms with Crippen LogP contribution in [0.25, 0.3) is 0 Å². The Balaban J connectivity index is 2.42. The fourth-order valence-electron chi connectivity index (χ4n) is 1.68. The number of nitrogens with zero attached hydrogens (tertiary/aromatic N) is 1. The summed E-state index contributed by atoms with van der Waals surface area (Å²) in [6, 6.07) is 13.1. The molecule has 0 bridgehead atoms. The number of hydrogen-bond donors (Lipinski definition) is 0. The molecule has 2 aromatic rings. The first kappa shape index (κ1) is 13.4. The number of methoxy groups -OCH3 is 1. The summed E-state index contributed by atoms with van der Waals surface area (Å²) in [4.78, 5) is 0. The van der Waals surface area contributed by atoms with E-state index in [1.54, 1.807) is 19.2 Å². The Morgan fingerprint density at radius 2 is 1.89 bits per heavy atom. The van der Waals surface area contributed by atoms with E-state index in [4.69, 9.17) is 14.7 Å². The van der Waals surface area contributed by atoms with E-state index in [-0.39, 0.29) is 0 Å². The van der Waals surface area contributed by atoms with Crippen molar-refractivity contribution in [2.75, 3.05) is 7.11 Å². The van der Waals surface area contributed by atoms with Gasteiger partial charge in [0.2, 0.25) is 0 Å². The molecule has 0 unspecified atom stereocenters. The van der Waals surface area contributed by atoms with E-state index < -0.39 is 0 Å². The molecule has 2 aromatic carbocycles. The van der Waals surface area contributed by atoms with E-state index in [0.717, 1.165) is 5.56 Å². The minimum absolute atomic E-state index is 0.463. The van der Waals surface area contributed by atoms with Crippen LogP contribution in [0.4, 0.5) is 0 Å². The van der Waals surface area contributed by atoms with Crippen molar-refractivity contribution in [1.82, 2.24) is 0 Å². The zero-order chi connectivity index (χ0) is 13.8. The van der Waals surface area contributed by atoms with Crippen LogP contribution < -0.4 is 9.47 Å². The number of ether oxygens (including phenoxy) is 2. The third-order valence-corrected chi connectivity index (χ3v) is 3.29. The lowest BCUT2D eigenvalue weighted by Crippen LogP contribution is -1.93. The lowest BCUT2D eigenvalue weighted by atomic mass is 10.2. The van der Waals surface area contributed by atoms with Gasteiger partial charge in [-0.05, 0) is 52.7 Å². The molecule has 0 saturated heterocycles.